The van der Waals surface area contributed by atoms with Gasteiger partial charge in [-0.25, -0.2) is 0 Å². The van der Waals surface area contributed by atoms with E-state index >= 15 is 0 Å². The van der Waals surface area contributed by atoms with Gasteiger partial charge in [0, 0.05) is 18.7 Å². The van der Waals surface area contributed by atoms with Gasteiger partial charge >= 0.3 is 0 Å². The zero-order valence-electron chi connectivity index (χ0n) is 11.2. The SMILES string of the molecule is CC1CC(NC2CCOC3(CCCCC3)C2)C1. The first-order valence-corrected chi connectivity index (χ1v) is 7.66. The molecule has 0 bridgehead atoms. The fourth-order valence-corrected chi connectivity index (χ4v) is 4.09. The first-order valence-electron chi connectivity index (χ1n) is 7.66. The quantitative estimate of drug-likeness (QED) is 0.796. The lowest BCUT2D eigenvalue weighted by atomic mass is 9.76. The summed E-state index contributed by atoms with van der Waals surface area (Å²) in [5, 5.41) is 3.88. The van der Waals surface area contributed by atoms with Crippen molar-refractivity contribution in [1.29, 1.82) is 0 Å². The predicted octanol–water partition coefficient (Wildman–Crippen LogP) is 3.26. The third-order valence-electron chi connectivity index (χ3n) is 5.10. The molecule has 2 aliphatic carbocycles. The van der Waals surface area contributed by atoms with E-state index in [1.807, 2.05) is 0 Å². The van der Waals surface area contributed by atoms with Crippen LogP contribution in [0.2, 0.25) is 0 Å². The van der Waals surface area contributed by atoms with Gasteiger partial charge < -0.3 is 10.1 Å². The molecule has 3 fully saturated rings. The molecule has 1 spiro atoms. The second-order valence-corrected chi connectivity index (χ2v) is 6.72. The minimum atomic E-state index is 0.267. The third-order valence-corrected chi connectivity index (χ3v) is 5.10. The molecule has 2 nitrogen and oxygen atoms in total. The van der Waals surface area contributed by atoms with Crippen molar-refractivity contribution in [2.24, 2.45) is 5.92 Å². The van der Waals surface area contributed by atoms with E-state index in [0.29, 0.717) is 0 Å². The molecule has 1 heterocycles. The largest absolute Gasteiger partial charge is 0.375 e. The summed E-state index contributed by atoms with van der Waals surface area (Å²) in [6.45, 7) is 3.35. The number of nitrogens with one attached hydrogen (secondary N) is 1. The lowest BCUT2D eigenvalue weighted by Crippen LogP contribution is -2.53. The summed E-state index contributed by atoms with van der Waals surface area (Å²) in [7, 11) is 0. The molecular weight excluding hydrogens is 210 g/mol. The molecule has 2 saturated carbocycles. The second kappa shape index (κ2) is 4.89. The molecule has 2 heteroatoms. The van der Waals surface area contributed by atoms with Crippen molar-refractivity contribution in [3.63, 3.8) is 0 Å². The van der Waals surface area contributed by atoms with Crippen LogP contribution in [0.1, 0.15) is 64.7 Å². The van der Waals surface area contributed by atoms with E-state index in [4.69, 9.17) is 4.74 Å². The van der Waals surface area contributed by atoms with E-state index in [9.17, 15) is 0 Å². The molecule has 0 aromatic rings. The Balaban J connectivity index is 1.52. The van der Waals surface area contributed by atoms with Gasteiger partial charge in [0.25, 0.3) is 0 Å². The van der Waals surface area contributed by atoms with Gasteiger partial charge in [-0.3, -0.25) is 0 Å². The highest BCUT2D eigenvalue weighted by Gasteiger charge is 2.39. The molecule has 0 aromatic heterocycles. The van der Waals surface area contributed by atoms with E-state index in [1.165, 1.54) is 57.8 Å². The Morgan fingerprint density at radius 3 is 2.53 bits per heavy atom. The van der Waals surface area contributed by atoms with Crippen molar-refractivity contribution in [3.8, 4) is 0 Å². The van der Waals surface area contributed by atoms with Crippen molar-refractivity contribution in [2.45, 2.75) is 82.4 Å². The van der Waals surface area contributed by atoms with Gasteiger partial charge in [-0.1, -0.05) is 26.2 Å². The normalized spacial score (nSPS) is 41.1. The van der Waals surface area contributed by atoms with Crippen molar-refractivity contribution in [3.05, 3.63) is 0 Å². The molecule has 1 N–H and O–H groups in total. The monoisotopic (exact) mass is 237 g/mol. The lowest BCUT2D eigenvalue weighted by Gasteiger charge is -2.46. The first kappa shape index (κ1) is 12.0. The van der Waals surface area contributed by atoms with Crippen LogP contribution in [0, 0.1) is 5.92 Å². The van der Waals surface area contributed by atoms with Crippen LogP contribution in [-0.2, 0) is 4.74 Å². The van der Waals surface area contributed by atoms with Crippen LogP contribution in [0.25, 0.3) is 0 Å². The molecule has 1 aliphatic heterocycles. The fourth-order valence-electron chi connectivity index (χ4n) is 4.09. The Kier molecular flexibility index (Phi) is 3.45. The second-order valence-electron chi connectivity index (χ2n) is 6.72. The van der Waals surface area contributed by atoms with Crippen molar-refractivity contribution in [1.82, 2.24) is 5.32 Å². The van der Waals surface area contributed by atoms with Crippen LogP contribution in [-0.4, -0.2) is 24.3 Å². The highest BCUT2D eigenvalue weighted by Crippen LogP contribution is 2.39. The van der Waals surface area contributed by atoms with Crippen LogP contribution in [0.4, 0.5) is 0 Å². The highest BCUT2D eigenvalue weighted by atomic mass is 16.5. The Bertz CT molecular complexity index is 248. The number of rotatable bonds is 2. The Labute approximate surface area is 105 Å². The molecule has 98 valence electrons. The lowest BCUT2D eigenvalue weighted by molar-refractivity contribution is -0.111. The van der Waals surface area contributed by atoms with Gasteiger partial charge in [0.15, 0.2) is 0 Å². The van der Waals surface area contributed by atoms with Gasteiger partial charge in [-0.2, -0.15) is 0 Å². The van der Waals surface area contributed by atoms with Gasteiger partial charge in [-0.15, -0.1) is 0 Å². The van der Waals surface area contributed by atoms with Crippen LogP contribution < -0.4 is 5.32 Å². The average Bonchev–Trinajstić information content (AvgIpc) is 2.28. The maximum Gasteiger partial charge on any atom is 0.0697 e. The molecule has 0 radical (unpaired) electrons. The molecular formula is C15H27NO. The summed E-state index contributed by atoms with van der Waals surface area (Å²) < 4.78 is 6.15. The Hall–Kier alpha value is -0.0800. The molecule has 1 saturated heterocycles. The Morgan fingerprint density at radius 1 is 1.06 bits per heavy atom. The van der Waals surface area contributed by atoms with E-state index in [-0.39, 0.29) is 5.60 Å². The van der Waals surface area contributed by atoms with E-state index in [0.717, 1.165) is 24.6 Å². The topological polar surface area (TPSA) is 21.3 Å². The summed E-state index contributed by atoms with van der Waals surface area (Å²) in [4.78, 5) is 0. The Morgan fingerprint density at radius 2 is 1.82 bits per heavy atom. The summed E-state index contributed by atoms with van der Waals surface area (Å²) in [5.74, 6) is 0.955. The minimum absolute atomic E-state index is 0.267. The molecule has 3 rings (SSSR count). The van der Waals surface area contributed by atoms with Crippen LogP contribution in [0.15, 0.2) is 0 Å². The van der Waals surface area contributed by atoms with Gasteiger partial charge in [0.05, 0.1) is 5.60 Å². The van der Waals surface area contributed by atoms with Crippen molar-refractivity contribution >= 4 is 0 Å². The van der Waals surface area contributed by atoms with Crippen LogP contribution in [0.3, 0.4) is 0 Å². The molecule has 0 amide bonds. The van der Waals surface area contributed by atoms with Crippen molar-refractivity contribution in [2.75, 3.05) is 6.61 Å². The molecule has 1 atom stereocenters. The minimum Gasteiger partial charge on any atom is -0.375 e. The summed E-state index contributed by atoms with van der Waals surface area (Å²) >= 11 is 0. The van der Waals surface area contributed by atoms with Crippen LogP contribution in [0.5, 0.6) is 0 Å². The highest BCUT2D eigenvalue weighted by molar-refractivity contribution is 4.94. The van der Waals surface area contributed by atoms with Gasteiger partial charge in [0.1, 0.15) is 0 Å². The summed E-state index contributed by atoms with van der Waals surface area (Å²) in [6, 6.07) is 1.55. The standard InChI is InChI=1S/C15H27NO/c1-12-9-14(10-12)16-13-5-8-17-15(11-13)6-3-2-4-7-15/h12-14,16H,2-11H2,1H3. The summed E-state index contributed by atoms with van der Waals surface area (Å²) in [5.41, 5.74) is 0.267. The average molecular weight is 237 g/mol. The zero-order valence-corrected chi connectivity index (χ0v) is 11.2. The van der Waals surface area contributed by atoms with Gasteiger partial charge in [0.2, 0.25) is 0 Å². The van der Waals surface area contributed by atoms with E-state index < -0.39 is 0 Å². The maximum absolute atomic E-state index is 6.15. The van der Waals surface area contributed by atoms with Gasteiger partial charge in [-0.05, 0) is 44.4 Å². The van der Waals surface area contributed by atoms with E-state index in [1.54, 1.807) is 0 Å². The molecule has 1 unspecified atom stereocenters. The number of hydrogen-bond donors (Lipinski definition) is 1. The number of hydrogen-bond acceptors (Lipinski definition) is 2. The predicted molar refractivity (Wildman–Crippen MR) is 70.1 cm³/mol. The smallest absolute Gasteiger partial charge is 0.0697 e. The molecule has 0 aromatic carbocycles. The summed E-state index contributed by atoms with van der Waals surface area (Å²) in [6.07, 6.45) is 12.1. The molecule has 3 aliphatic rings. The maximum atomic E-state index is 6.15. The zero-order chi connectivity index (χ0) is 11.7. The third kappa shape index (κ3) is 2.68. The van der Waals surface area contributed by atoms with E-state index in [2.05, 4.69) is 12.2 Å². The molecule has 17 heavy (non-hydrogen) atoms. The number of ether oxygens (including phenoxy) is 1. The van der Waals surface area contributed by atoms with Crippen molar-refractivity contribution < 1.29 is 4.74 Å². The first-order chi connectivity index (χ1) is 8.26. The fraction of sp³-hybridized carbons (Fsp3) is 1.00. The van der Waals surface area contributed by atoms with Crippen LogP contribution >= 0.6 is 0 Å².